The van der Waals surface area contributed by atoms with E-state index in [1.54, 1.807) is 0 Å². The molecule has 2 unspecified atom stereocenters. The molecule has 2 saturated heterocycles. The summed E-state index contributed by atoms with van der Waals surface area (Å²) in [6.07, 6.45) is 4.20. The zero-order valence-corrected chi connectivity index (χ0v) is 10.9. The van der Waals surface area contributed by atoms with E-state index in [-0.39, 0.29) is 0 Å². The van der Waals surface area contributed by atoms with Crippen molar-refractivity contribution in [2.45, 2.75) is 32.2 Å². The molecule has 0 bridgehead atoms. The molecule has 0 aromatic carbocycles. The quantitative estimate of drug-likeness (QED) is 0.753. The van der Waals surface area contributed by atoms with Crippen LogP contribution in [0.25, 0.3) is 0 Å². The summed E-state index contributed by atoms with van der Waals surface area (Å²) in [5, 5.41) is 3.48. The highest BCUT2D eigenvalue weighted by molar-refractivity contribution is 4.84. The molecule has 2 aliphatic rings. The Morgan fingerprint density at radius 1 is 1.25 bits per heavy atom. The summed E-state index contributed by atoms with van der Waals surface area (Å²) in [6.45, 7) is 9.77. The molecule has 2 atom stereocenters. The lowest BCUT2D eigenvalue weighted by atomic mass is 10.1. The smallest absolute Gasteiger partial charge is 0.0220 e. The first kappa shape index (κ1) is 12.3. The van der Waals surface area contributed by atoms with Crippen LogP contribution in [-0.2, 0) is 0 Å². The third kappa shape index (κ3) is 3.19. The summed E-state index contributed by atoms with van der Waals surface area (Å²) in [5.74, 6) is 0.895. The van der Waals surface area contributed by atoms with Crippen LogP contribution in [0.15, 0.2) is 0 Å². The number of hydrogen-bond donors (Lipinski definition) is 1. The molecule has 16 heavy (non-hydrogen) atoms. The summed E-state index contributed by atoms with van der Waals surface area (Å²) in [6, 6.07) is 0.831. The SMILES string of the molecule is CCNCC1CCN(CC2CCCN2C)C1. The minimum atomic E-state index is 0.831. The molecule has 0 aromatic rings. The number of hydrogen-bond acceptors (Lipinski definition) is 3. The molecule has 0 aromatic heterocycles. The van der Waals surface area contributed by atoms with Gasteiger partial charge in [0.1, 0.15) is 0 Å². The van der Waals surface area contributed by atoms with Gasteiger partial charge in [-0.3, -0.25) is 0 Å². The van der Waals surface area contributed by atoms with Crippen molar-refractivity contribution in [2.75, 3.05) is 46.3 Å². The van der Waals surface area contributed by atoms with Crippen LogP contribution in [0.2, 0.25) is 0 Å². The fourth-order valence-corrected chi connectivity index (χ4v) is 3.10. The Hall–Kier alpha value is -0.120. The molecule has 3 heteroatoms. The van der Waals surface area contributed by atoms with E-state index in [1.807, 2.05) is 0 Å². The van der Waals surface area contributed by atoms with E-state index in [2.05, 4.69) is 29.1 Å². The Bertz CT molecular complexity index is 207. The summed E-state index contributed by atoms with van der Waals surface area (Å²) >= 11 is 0. The van der Waals surface area contributed by atoms with E-state index in [4.69, 9.17) is 0 Å². The molecule has 2 aliphatic heterocycles. The molecule has 1 N–H and O–H groups in total. The van der Waals surface area contributed by atoms with Gasteiger partial charge in [0.15, 0.2) is 0 Å². The van der Waals surface area contributed by atoms with Gasteiger partial charge in [-0.1, -0.05) is 6.92 Å². The van der Waals surface area contributed by atoms with Crippen molar-refractivity contribution < 1.29 is 0 Å². The molecule has 2 fully saturated rings. The molecule has 2 heterocycles. The predicted molar refractivity (Wildman–Crippen MR) is 68.7 cm³/mol. The maximum absolute atomic E-state index is 3.48. The topological polar surface area (TPSA) is 18.5 Å². The molecule has 0 aliphatic carbocycles. The number of likely N-dealkylation sites (N-methyl/N-ethyl adjacent to an activating group) is 1. The van der Waals surface area contributed by atoms with Crippen molar-refractivity contribution in [3.8, 4) is 0 Å². The Morgan fingerprint density at radius 2 is 2.12 bits per heavy atom. The summed E-state index contributed by atoms with van der Waals surface area (Å²) in [5.41, 5.74) is 0. The van der Waals surface area contributed by atoms with Crippen LogP contribution in [0, 0.1) is 5.92 Å². The number of likely N-dealkylation sites (tertiary alicyclic amines) is 2. The fraction of sp³-hybridized carbons (Fsp3) is 1.00. The van der Waals surface area contributed by atoms with Crippen molar-refractivity contribution in [1.29, 1.82) is 0 Å². The van der Waals surface area contributed by atoms with Crippen LogP contribution in [0.3, 0.4) is 0 Å². The fourth-order valence-electron chi connectivity index (χ4n) is 3.10. The Labute approximate surface area is 100 Å². The van der Waals surface area contributed by atoms with Crippen molar-refractivity contribution in [3.63, 3.8) is 0 Å². The third-order valence-electron chi connectivity index (χ3n) is 4.19. The molecular weight excluding hydrogens is 198 g/mol. The van der Waals surface area contributed by atoms with Gasteiger partial charge >= 0.3 is 0 Å². The predicted octanol–water partition coefficient (Wildman–Crippen LogP) is 1.01. The van der Waals surface area contributed by atoms with Crippen LogP contribution in [0.1, 0.15) is 26.2 Å². The Morgan fingerprint density at radius 3 is 2.81 bits per heavy atom. The van der Waals surface area contributed by atoms with Crippen LogP contribution in [0.5, 0.6) is 0 Å². The second-order valence-corrected chi connectivity index (χ2v) is 5.50. The normalized spacial score (nSPS) is 32.6. The van der Waals surface area contributed by atoms with E-state index in [1.165, 1.54) is 52.0 Å². The minimum Gasteiger partial charge on any atom is -0.317 e. The lowest BCUT2D eigenvalue weighted by Gasteiger charge is -2.25. The van der Waals surface area contributed by atoms with Crippen LogP contribution >= 0.6 is 0 Å². The van der Waals surface area contributed by atoms with Crippen LogP contribution < -0.4 is 5.32 Å². The zero-order chi connectivity index (χ0) is 11.4. The summed E-state index contributed by atoms with van der Waals surface area (Å²) in [7, 11) is 2.28. The average Bonchev–Trinajstić information content (AvgIpc) is 2.87. The molecule has 0 radical (unpaired) electrons. The van der Waals surface area contributed by atoms with Gasteiger partial charge in [-0.25, -0.2) is 0 Å². The monoisotopic (exact) mass is 225 g/mol. The highest BCUT2D eigenvalue weighted by Crippen LogP contribution is 2.20. The standard InChI is InChI=1S/C13H27N3/c1-3-14-9-12-6-8-16(10-12)11-13-5-4-7-15(13)2/h12-14H,3-11H2,1-2H3. The maximum atomic E-state index is 3.48. The van der Waals surface area contributed by atoms with Gasteiger partial charge in [-0.2, -0.15) is 0 Å². The van der Waals surface area contributed by atoms with Gasteiger partial charge in [0.05, 0.1) is 0 Å². The molecule has 0 spiro atoms. The highest BCUT2D eigenvalue weighted by Gasteiger charge is 2.27. The van der Waals surface area contributed by atoms with Gasteiger partial charge in [-0.15, -0.1) is 0 Å². The van der Waals surface area contributed by atoms with Gasteiger partial charge < -0.3 is 15.1 Å². The lowest BCUT2D eigenvalue weighted by molar-refractivity contribution is 0.215. The zero-order valence-electron chi connectivity index (χ0n) is 10.9. The first-order valence-corrected chi connectivity index (χ1v) is 6.93. The lowest BCUT2D eigenvalue weighted by Crippen LogP contribution is -2.38. The third-order valence-corrected chi connectivity index (χ3v) is 4.19. The largest absolute Gasteiger partial charge is 0.317 e. The van der Waals surface area contributed by atoms with E-state index in [9.17, 15) is 0 Å². The molecule has 94 valence electrons. The van der Waals surface area contributed by atoms with E-state index in [0.29, 0.717) is 0 Å². The van der Waals surface area contributed by atoms with Gasteiger partial charge in [0, 0.05) is 19.1 Å². The second-order valence-electron chi connectivity index (χ2n) is 5.50. The van der Waals surface area contributed by atoms with Crippen LogP contribution in [-0.4, -0.2) is 62.2 Å². The minimum absolute atomic E-state index is 0.831. The maximum Gasteiger partial charge on any atom is 0.0220 e. The van der Waals surface area contributed by atoms with E-state index in [0.717, 1.165) is 18.5 Å². The molecule has 0 saturated carbocycles. The molecule has 0 amide bonds. The van der Waals surface area contributed by atoms with Gasteiger partial charge in [0.25, 0.3) is 0 Å². The molecular formula is C13H27N3. The highest BCUT2D eigenvalue weighted by atomic mass is 15.2. The Balaban J connectivity index is 1.68. The summed E-state index contributed by atoms with van der Waals surface area (Å²) in [4.78, 5) is 5.21. The number of nitrogens with one attached hydrogen (secondary N) is 1. The van der Waals surface area contributed by atoms with E-state index >= 15 is 0 Å². The van der Waals surface area contributed by atoms with Gasteiger partial charge in [-0.05, 0) is 58.4 Å². The molecule has 2 rings (SSSR count). The first-order valence-electron chi connectivity index (χ1n) is 6.93. The van der Waals surface area contributed by atoms with Crippen LogP contribution in [0.4, 0.5) is 0 Å². The van der Waals surface area contributed by atoms with Crippen molar-refractivity contribution in [2.24, 2.45) is 5.92 Å². The number of nitrogens with zero attached hydrogens (tertiary/aromatic N) is 2. The van der Waals surface area contributed by atoms with Crippen molar-refractivity contribution in [3.05, 3.63) is 0 Å². The number of rotatable bonds is 5. The van der Waals surface area contributed by atoms with Crippen molar-refractivity contribution in [1.82, 2.24) is 15.1 Å². The van der Waals surface area contributed by atoms with E-state index < -0.39 is 0 Å². The second kappa shape index (κ2) is 5.99. The molecule has 3 nitrogen and oxygen atoms in total. The Kier molecular flexibility index (Phi) is 4.62. The average molecular weight is 225 g/mol. The van der Waals surface area contributed by atoms with Gasteiger partial charge in [0.2, 0.25) is 0 Å². The first-order chi connectivity index (χ1) is 7.79. The summed E-state index contributed by atoms with van der Waals surface area (Å²) < 4.78 is 0. The van der Waals surface area contributed by atoms with Crippen molar-refractivity contribution >= 4 is 0 Å².